The standard InChI is InChI=1S/C22H18ClN3O6S/c1-12-19(23)22(32-25-12)26(2)33(28,29)21-14-5-3-4-6-15(14)24-20(21)16(27)9-13-7-8-17-18(10-13)31-11-30-17/h3-8,10,24H,9,11H2,1-2H3. The van der Waals surface area contributed by atoms with Crippen LogP contribution in [0.5, 0.6) is 11.5 Å². The molecule has 1 aliphatic rings. The number of benzene rings is 2. The fraction of sp³-hybridized carbons (Fsp3) is 0.182. The fourth-order valence-electron chi connectivity index (χ4n) is 3.69. The van der Waals surface area contributed by atoms with Gasteiger partial charge in [-0.3, -0.25) is 4.79 Å². The average molecular weight is 488 g/mol. The molecule has 0 saturated heterocycles. The quantitative estimate of drug-likeness (QED) is 0.407. The number of aryl methyl sites for hydroxylation is 1. The van der Waals surface area contributed by atoms with E-state index >= 15 is 0 Å². The zero-order valence-corrected chi connectivity index (χ0v) is 19.2. The SMILES string of the molecule is Cc1noc(N(C)S(=O)(=O)c2c(C(=O)Cc3ccc4c(c3)OCO4)[nH]c3ccccc23)c1Cl. The Morgan fingerprint density at radius 1 is 1.18 bits per heavy atom. The molecule has 0 unspecified atom stereocenters. The van der Waals surface area contributed by atoms with Crippen molar-refractivity contribution in [2.24, 2.45) is 0 Å². The number of nitrogens with one attached hydrogen (secondary N) is 1. The Morgan fingerprint density at radius 2 is 1.94 bits per heavy atom. The van der Waals surface area contributed by atoms with E-state index in [2.05, 4.69) is 10.1 Å². The minimum atomic E-state index is -4.24. The normalized spacial score (nSPS) is 12.9. The number of halogens is 1. The highest BCUT2D eigenvalue weighted by Crippen LogP contribution is 2.36. The van der Waals surface area contributed by atoms with Gasteiger partial charge < -0.3 is 19.0 Å². The van der Waals surface area contributed by atoms with E-state index in [9.17, 15) is 13.2 Å². The number of nitrogens with zero attached hydrogens (tertiary/aromatic N) is 2. The van der Waals surface area contributed by atoms with Gasteiger partial charge in [-0.2, -0.15) is 0 Å². The highest BCUT2D eigenvalue weighted by Gasteiger charge is 2.34. The van der Waals surface area contributed by atoms with Crippen LogP contribution in [0.1, 0.15) is 21.7 Å². The molecule has 2 aromatic carbocycles. The van der Waals surface area contributed by atoms with Crippen molar-refractivity contribution in [2.75, 3.05) is 18.1 Å². The van der Waals surface area contributed by atoms with Gasteiger partial charge >= 0.3 is 0 Å². The lowest BCUT2D eigenvalue weighted by atomic mass is 10.1. The molecule has 170 valence electrons. The van der Waals surface area contributed by atoms with E-state index in [4.69, 9.17) is 25.6 Å². The summed E-state index contributed by atoms with van der Waals surface area (Å²) in [5.74, 6) is 0.603. The molecule has 1 N–H and O–H groups in total. The summed E-state index contributed by atoms with van der Waals surface area (Å²) in [6.45, 7) is 1.72. The Kier molecular flexibility index (Phi) is 5.06. The lowest BCUT2D eigenvalue weighted by Crippen LogP contribution is -2.28. The monoisotopic (exact) mass is 487 g/mol. The summed E-state index contributed by atoms with van der Waals surface area (Å²) in [6.07, 6.45) is -0.0438. The highest BCUT2D eigenvalue weighted by molar-refractivity contribution is 7.93. The van der Waals surface area contributed by atoms with Gasteiger partial charge in [-0.25, -0.2) is 12.7 Å². The van der Waals surface area contributed by atoms with Crippen molar-refractivity contribution in [2.45, 2.75) is 18.2 Å². The largest absolute Gasteiger partial charge is 0.454 e. The van der Waals surface area contributed by atoms with Crippen LogP contribution in [0.2, 0.25) is 5.02 Å². The second-order valence-electron chi connectivity index (χ2n) is 7.52. The van der Waals surface area contributed by atoms with Crippen molar-refractivity contribution < 1.29 is 27.2 Å². The molecular weight excluding hydrogens is 470 g/mol. The summed E-state index contributed by atoms with van der Waals surface area (Å²) in [5.41, 5.74) is 1.49. The zero-order chi connectivity index (χ0) is 23.3. The van der Waals surface area contributed by atoms with E-state index in [0.717, 1.165) is 4.31 Å². The number of ether oxygens (including phenoxy) is 2. The lowest BCUT2D eigenvalue weighted by molar-refractivity contribution is 0.0986. The number of Topliss-reactive ketones (excluding diaryl/α,β-unsaturated/α-hetero) is 1. The van der Waals surface area contributed by atoms with Gasteiger partial charge in [0.1, 0.15) is 21.3 Å². The zero-order valence-electron chi connectivity index (χ0n) is 17.6. The second kappa shape index (κ2) is 7.82. The van der Waals surface area contributed by atoms with Gasteiger partial charge in [-0.15, -0.1) is 0 Å². The number of aromatic nitrogens is 2. The number of ketones is 1. The number of hydrogen-bond acceptors (Lipinski definition) is 7. The molecule has 0 saturated carbocycles. The van der Waals surface area contributed by atoms with E-state index in [1.807, 2.05) is 0 Å². The molecule has 4 aromatic rings. The number of carbonyl (C=O) groups excluding carboxylic acids is 1. The molecule has 0 atom stereocenters. The first kappa shape index (κ1) is 21.4. The Labute approximate surface area is 193 Å². The van der Waals surface area contributed by atoms with E-state index in [0.29, 0.717) is 33.7 Å². The minimum Gasteiger partial charge on any atom is -0.454 e. The van der Waals surface area contributed by atoms with Gasteiger partial charge in [0.05, 0.1) is 0 Å². The van der Waals surface area contributed by atoms with E-state index in [1.54, 1.807) is 49.4 Å². The van der Waals surface area contributed by atoms with Gasteiger partial charge in [0.2, 0.25) is 6.79 Å². The first-order chi connectivity index (χ1) is 15.8. The number of anilines is 1. The summed E-state index contributed by atoms with van der Waals surface area (Å²) in [5, 5.41) is 4.18. The van der Waals surface area contributed by atoms with Crippen molar-refractivity contribution in [3.8, 4) is 11.5 Å². The maximum Gasteiger partial charge on any atom is 0.269 e. The first-order valence-electron chi connectivity index (χ1n) is 9.90. The predicted octanol–water partition coefficient (Wildman–Crippen LogP) is 4.10. The molecule has 1 aliphatic heterocycles. The number of hydrogen-bond donors (Lipinski definition) is 1. The van der Waals surface area contributed by atoms with Gasteiger partial charge in [-0.05, 0) is 30.7 Å². The lowest BCUT2D eigenvalue weighted by Gasteiger charge is -2.17. The number of carbonyl (C=O) groups is 1. The molecule has 5 rings (SSSR count). The molecule has 0 bridgehead atoms. The Morgan fingerprint density at radius 3 is 2.70 bits per heavy atom. The van der Waals surface area contributed by atoms with Gasteiger partial charge in [0.25, 0.3) is 15.9 Å². The van der Waals surface area contributed by atoms with Crippen molar-refractivity contribution in [1.29, 1.82) is 0 Å². The van der Waals surface area contributed by atoms with E-state index in [-0.39, 0.29) is 34.7 Å². The molecular formula is C22H18ClN3O6S. The average Bonchev–Trinajstić information content (AvgIpc) is 3.50. The van der Waals surface area contributed by atoms with Crippen LogP contribution in [0.25, 0.3) is 10.9 Å². The molecule has 0 fully saturated rings. The van der Waals surface area contributed by atoms with Gasteiger partial charge in [0, 0.05) is 24.4 Å². The summed E-state index contributed by atoms with van der Waals surface area (Å²) < 4.78 is 44.0. The van der Waals surface area contributed by atoms with Crippen molar-refractivity contribution in [3.05, 3.63) is 64.4 Å². The molecule has 11 heteroatoms. The smallest absolute Gasteiger partial charge is 0.269 e. The predicted molar refractivity (Wildman–Crippen MR) is 121 cm³/mol. The molecule has 33 heavy (non-hydrogen) atoms. The Balaban J connectivity index is 1.59. The van der Waals surface area contributed by atoms with Gasteiger partial charge in [0.15, 0.2) is 17.3 Å². The van der Waals surface area contributed by atoms with Crippen molar-refractivity contribution in [1.82, 2.24) is 10.1 Å². The fourth-order valence-corrected chi connectivity index (χ4v) is 5.43. The number of aromatic amines is 1. The van der Waals surface area contributed by atoms with Crippen LogP contribution in [0, 0.1) is 6.92 Å². The number of sulfonamides is 1. The molecule has 0 amide bonds. The first-order valence-corrected chi connectivity index (χ1v) is 11.7. The Bertz CT molecular complexity index is 1510. The minimum absolute atomic E-state index is 0.0342. The van der Waals surface area contributed by atoms with Crippen LogP contribution in [0.3, 0.4) is 0 Å². The van der Waals surface area contributed by atoms with Crippen LogP contribution in [0.4, 0.5) is 5.88 Å². The van der Waals surface area contributed by atoms with E-state index in [1.165, 1.54) is 7.05 Å². The topological polar surface area (TPSA) is 115 Å². The van der Waals surface area contributed by atoms with E-state index < -0.39 is 15.8 Å². The highest BCUT2D eigenvalue weighted by atomic mass is 35.5. The van der Waals surface area contributed by atoms with Crippen molar-refractivity contribution in [3.63, 3.8) is 0 Å². The summed E-state index contributed by atoms with van der Waals surface area (Å²) in [4.78, 5) is 16.2. The molecule has 0 spiro atoms. The second-order valence-corrected chi connectivity index (χ2v) is 9.81. The maximum absolute atomic E-state index is 13.7. The Hall–Kier alpha value is -3.50. The summed E-state index contributed by atoms with van der Waals surface area (Å²) in [6, 6.07) is 12.0. The number of para-hydroxylation sites is 1. The third kappa shape index (κ3) is 3.51. The number of fused-ring (bicyclic) bond motifs is 2. The molecule has 0 radical (unpaired) electrons. The van der Waals surface area contributed by atoms with Gasteiger partial charge in [-0.1, -0.05) is 41.0 Å². The number of rotatable bonds is 6. The summed E-state index contributed by atoms with van der Waals surface area (Å²) in [7, 11) is -2.94. The maximum atomic E-state index is 13.7. The third-order valence-corrected chi connectivity index (χ3v) is 7.68. The molecule has 3 heterocycles. The van der Waals surface area contributed by atoms with Crippen LogP contribution in [-0.4, -0.2) is 38.2 Å². The third-order valence-electron chi connectivity index (χ3n) is 5.42. The molecule has 2 aromatic heterocycles. The van der Waals surface area contributed by atoms with Crippen LogP contribution in [-0.2, 0) is 16.4 Å². The van der Waals surface area contributed by atoms with Crippen LogP contribution >= 0.6 is 11.6 Å². The van der Waals surface area contributed by atoms with Crippen LogP contribution in [0.15, 0.2) is 51.9 Å². The van der Waals surface area contributed by atoms with Crippen LogP contribution < -0.4 is 13.8 Å². The summed E-state index contributed by atoms with van der Waals surface area (Å²) >= 11 is 6.19. The molecule has 0 aliphatic carbocycles. The number of H-pyrrole nitrogens is 1. The molecule has 9 nitrogen and oxygen atoms in total. The van der Waals surface area contributed by atoms with Crippen molar-refractivity contribution >= 4 is 44.2 Å².